The van der Waals surface area contributed by atoms with E-state index < -0.39 is 0 Å². The van der Waals surface area contributed by atoms with Gasteiger partial charge in [0, 0.05) is 18.2 Å². The summed E-state index contributed by atoms with van der Waals surface area (Å²) in [7, 11) is 0. The summed E-state index contributed by atoms with van der Waals surface area (Å²) in [5, 5.41) is 4.59. The van der Waals surface area contributed by atoms with Crippen LogP contribution in [0.2, 0.25) is 0 Å². The van der Waals surface area contributed by atoms with Crippen LogP contribution in [0, 0.1) is 0 Å². The second-order valence-corrected chi connectivity index (χ2v) is 5.60. The first-order valence-electron chi connectivity index (χ1n) is 7.95. The Bertz CT molecular complexity index is 847. The predicted octanol–water partition coefficient (Wildman–Crippen LogP) is 4.42. The van der Waals surface area contributed by atoms with Crippen molar-refractivity contribution in [3.8, 4) is 5.75 Å². The lowest BCUT2D eigenvalue weighted by Crippen LogP contribution is -2.21. The lowest BCUT2D eigenvalue weighted by molar-refractivity contribution is 0.206. The first kappa shape index (κ1) is 14.5. The van der Waals surface area contributed by atoms with Gasteiger partial charge in [-0.25, -0.2) is 4.98 Å². The van der Waals surface area contributed by atoms with Crippen LogP contribution in [0.25, 0.3) is 0 Å². The van der Waals surface area contributed by atoms with Gasteiger partial charge in [0.1, 0.15) is 17.7 Å². The van der Waals surface area contributed by atoms with Gasteiger partial charge in [0.2, 0.25) is 0 Å². The summed E-state index contributed by atoms with van der Waals surface area (Å²) in [6.45, 7) is 0. The molecule has 0 saturated carbocycles. The van der Waals surface area contributed by atoms with E-state index in [1.54, 1.807) is 6.20 Å². The summed E-state index contributed by atoms with van der Waals surface area (Å²) < 4.78 is 6.18. The number of hydrogen-bond acceptors (Lipinski definition) is 4. The number of aromatic nitrogens is 1. The third-order valence-corrected chi connectivity index (χ3v) is 3.99. The number of para-hydroxylation sites is 1. The standard InChI is InChI=1S/C20H17N3O/c1-2-8-15(9-3-1)19-14-17(16-10-4-5-11-18(16)24-19)22-23-20-12-6-7-13-21-20/h1-13,19H,14H2,(H,21,23). The quantitative estimate of drug-likeness (QED) is 0.728. The highest BCUT2D eigenvalue weighted by atomic mass is 16.5. The molecule has 2 heterocycles. The van der Waals surface area contributed by atoms with Crippen molar-refractivity contribution >= 4 is 11.5 Å². The number of hydrogen-bond donors (Lipinski definition) is 1. The molecule has 24 heavy (non-hydrogen) atoms. The summed E-state index contributed by atoms with van der Waals surface area (Å²) in [4.78, 5) is 4.25. The Morgan fingerprint density at radius 2 is 1.71 bits per heavy atom. The minimum absolute atomic E-state index is 0.0367. The molecule has 4 heteroatoms. The van der Waals surface area contributed by atoms with Crippen LogP contribution < -0.4 is 10.2 Å². The summed E-state index contributed by atoms with van der Waals surface area (Å²) in [5.41, 5.74) is 6.19. The maximum atomic E-state index is 6.18. The van der Waals surface area contributed by atoms with Gasteiger partial charge in [-0.2, -0.15) is 5.10 Å². The molecule has 4 rings (SSSR count). The van der Waals surface area contributed by atoms with Crippen molar-refractivity contribution in [2.24, 2.45) is 5.10 Å². The second kappa shape index (κ2) is 6.54. The summed E-state index contributed by atoms with van der Waals surface area (Å²) in [6.07, 6.45) is 2.42. The molecule has 118 valence electrons. The van der Waals surface area contributed by atoms with Crippen LogP contribution in [0.3, 0.4) is 0 Å². The molecule has 0 spiro atoms. The fourth-order valence-corrected chi connectivity index (χ4v) is 2.80. The number of benzene rings is 2. The van der Waals surface area contributed by atoms with Crippen molar-refractivity contribution in [3.05, 3.63) is 90.1 Å². The van der Waals surface area contributed by atoms with Crippen LogP contribution in [-0.4, -0.2) is 10.7 Å². The van der Waals surface area contributed by atoms with Crippen LogP contribution >= 0.6 is 0 Å². The molecule has 0 fully saturated rings. The molecule has 4 nitrogen and oxygen atoms in total. The third kappa shape index (κ3) is 2.99. The van der Waals surface area contributed by atoms with Crippen molar-refractivity contribution in [2.75, 3.05) is 5.43 Å². The summed E-state index contributed by atoms with van der Waals surface area (Å²) in [6, 6.07) is 24.0. The molecule has 0 radical (unpaired) electrons. The van der Waals surface area contributed by atoms with E-state index in [4.69, 9.17) is 4.74 Å². The predicted molar refractivity (Wildman–Crippen MR) is 95.3 cm³/mol. The highest BCUT2D eigenvalue weighted by Gasteiger charge is 2.26. The molecule has 0 aliphatic carbocycles. The zero-order valence-electron chi connectivity index (χ0n) is 13.1. The molecule has 0 amide bonds. The van der Waals surface area contributed by atoms with Crippen molar-refractivity contribution < 1.29 is 4.74 Å². The van der Waals surface area contributed by atoms with Crippen molar-refractivity contribution in [2.45, 2.75) is 12.5 Å². The molecule has 3 aromatic rings. The molecule has 2 aromatic carbocycles. The lowest BCUT2D eigenvalue weighted by atomic mass is 9.96. The largest absolute Gasteiger partial charge is 0.485 e. The Labute approximate surface area is 140 Å². The first-order chi connectivity index (χ1) is 11.9. The highest BCUT2D eigenvalue weighted by Crippen LogP contribution is 2.35. The van der Waals surface area contributed by atoms with E-state index in [0.717, 1.165) is 28.4 Å². The van der Waals surface area contributed by atoms with Gasteiger partial charge in [0.25, 0.3) is 0 Å². The number of anilines is 1. The normalized spacial score (nSPS) is 17.8. The highest BCUT2D eigenvalue weighted by molar-refractivity contribution is 6.04. The summed E-state index contributed by atoms with van der Waals surface area (Å²) >= 11 is 0. The molecular formula is C20H17N3O. The van der Waals surface area contributed by atoms with E-state index >= 15 is 0 Å². The second-order valence-electron chi connectivity index (χ2n) is 5.60. The van der Waals surface area contributed by atoms with Gasteiger partial charge in [-0.3, -0.25) is 5.43 Å². The SMILES string of the molecule is c1ccc(C2CC(=NNc3ccccn3)c3ccccc3O2)cc1. The Balaban J connectivity index is 1.67. The number of pyridine rings is 1. The van der Waals surface area contributed by atoms with E-state index in [2.05, 4.69) is 27.6 Å². The molecule has 0 saturated heterocycles. The van der Waals surface area contributed by atoms with Gasteiger partial charge in [-0.15, -0.1) is 0 Å². The fourth-order valence-electron chi connectivity index (χ4n) is 2.80. The maximum Gasteiger partial charge on any atom is 0.146 e. The van der Waals surface area contributed by atoms with Crippen LogP contribution in [0.1, 0.15) is 23.7 Å². The smallest absolute Gasteiger partial charge is 0.146 e. The van der Waals surface area contributed by atoms with Crippen LogP contribution in [-0.2, 0) is 0 Å². The van der Waals surface area contributed by atoms with E-state index in [1.807, 2.05) is 60.7 Å². The average molecular weight is 315 g/mol. The molecule has 1 aliphatic heterocycles. The van der Waals surface area contributed by atoms with Crippen LogP contribution in [0.5, 0.6) is 5.75 Å². The van der Waals surface area contributed by atoms with Gasteiger partial charge in [0.15, 0.2) is 0 Å². The minimum atomic E-state index is -0.0367. The molecule has 1 aliphatic rings. The van der Waals surface area contributed by atoms with E-state index in [9.17, 15) is 0 Å². The zero-order chi connectivity index (χ0) is 16.2. The number of nitrogens with one attached hydrogen (secondary N) is 1. The molecule has 1 aromatic heterocycles. The number of rotatable bonds is 3. The number of hydrazone groups is 1. The minimum Gasteiger partial charge on any atom is -0.485 e. The van der Waals surface area contributed by atoms with Crippen molar-refractivity contribution in [1.82, 2.24) is 4.98 Å². The Kier molecular flexibility index (Phi) is 3.94. The Hall–Kier alpha value is -3.14. The van der Waals surface area contributed by atoms with Crippen molar-refractivity contribution in [3.63, 3.8) is 0 Å². The molecule has 1 N–H and O–H groups in total. The van der Waals surface area contributed by atoms with E-state index in [1.165, 1.54) is 0 Å². The fraction of sp³-hybridized carbons (Fsp3) is 0.100. The lowest BCUT2D eigenvalue weighted by Gasteiger charge is -2.27. The monoisotopic (exact) mass is 315 g/mol. The molecule has 0 bridgehead atoms. The van der Waals surface area contributed by atoms with Crippen LogP contribution in [0.4, 0.5) is 5.82 Å². The molecular weight excluding hydrogens is 298 g/mol. The Morgan fingerprint density at radius 1 is 0.917 bits per heavy atom. The van der Waals surface area contributed by atoms with Gasteiger partial charge in [-0.1, -0.05) is 48.5 Å². The topological polar surface area (TPSA) is 46.5 Å². The average Bonchev–Trinajstić information content (AvgIpc) is 2.67. The number of ether oxygens (including phenoxy) is 1. The molecule has 1 atom stereocenters. The van der Waals surface area contributed by atoms with Gasteiger partial charge < -0.3 is 4.74 Å². The van der Waals surface area contributed by atoms with Gasteiger partial charge >= 0.3 is 0 Å². The first-order valence-corrected chi connectivity index (χ1v) is 7.95. The van der Waals surface area contributed by atoms with Gasteiger partial charge in [-0.05, 0) is 29.8 Å². The number of fused-ring (bicyclic) bond motifs is 1. The van der Waals surface area contributed by atoms with E-state index in [0.29, 0.717) is 6.42 Å². The Morgan fingerprint density at radius 3 is 2.54 bits per heavy atom. The zero-order valence-corrected chi connectivity index (χ0v) is 13.1. The maximum absolute atomic E-state index is 6.18. The molecule has 1 unspecified atom stereocenters. The van der Waals surface area contributed by atoms with E-state index in [-0.39, 0.29) is 6.10 Å². The number of nitrogens with zero attached hydrogens (tertiary/aromatic N) is 2. The third-order valence-electron chi connectivity index (χ3n) is 3.99. The van der Waals surface area contributed by atoms with Gasteiger partial charge in [0.05, 0.1) is 5.71 Å². The summed E-state index contributed by atoms with van der Waals surface area (Å²) in [5.74, 6) is 1.59. The van der Waals surface area contributed by atoms with Crippen molar-refractivity contribution in [1.29, 1.82) is 0 Å². The van der Waals surface area contributed by atoms with Crippen LogP contribution in [0.15, 0.2) is 84.1 Å².